The van der Waals surface area contributed by atoms with Gasteiger partial charge in [-0.1, -0.05) is 36.4 Å². The van der Waals surface area contributed by atoms with Crippen molar-refractivity contribution in [2.24, 2.45) is 0 Å². The first kappa shape index (κ1) is 15.6. The molecule has 0 aliphatic carbocycles. The summed E-state index contributed by atoms with van der Waals surface area (Å²) in [6, 6.07) is 13.1. The van der Waals surface area contributed by atoms with E-state index in [0.717, 1.165) is 19.0 Å². The second-order valence-electron chi connectivity index (χ2n) is 5.39. The summed E-state index contributed by atoms with van der Waals surface area (Å²) in [5.41, 5.74) is 6.21. The maximum atomic E-state index is 3.45. The summed E-state index contributed by atoms with van der Waals surface area (Å²) in [7, 11) is 5.98. The van der Waals surface area contributed by atoms with Crippen LogP contribution in [0.2, 0.25) is 0 Å². The van der Waals surface area contributed by atoms with E-state index >= 15 is 0 Å². The number of benzene rings is 2. The molecule has 0 spiro atoms. The lowest BCUT2D eigenvalue weighted by Crippen LogP contribution is -2.50. The van der Waals surface area contributed by atoms with Crippen molar-refractivity contribution in [3.8, 4) is 0 Å². The second kappa shape index (κ2) is 6.33. The van der Waals surface area contributed by atoms with E-state index in [2.05, 4.69) is 52.1 Å². The fraction of sp³-hybridized carbons (Fsp3) is 0.312. The van der Waals surface area contributed by atoms with Crippen molar-refractivity contribution in [3.05, 3.63) is 47.5 Å². The predicted molar refractivity (Wildman–Crippen MR) is 89.8 cm³/mol. The first-order valence-electron chi connectivity index (χ1n) is 6.92. The summed E-state index contributed by atoms with van der Waals surface area (Å²) in [5.74, 6) is 0.997. The Labute approximate surface area is 131 Å². The lowest BCUT2D eigenvalue weighted by molar-refractivity contribution is -0.470. The quantitative estimate of drug-likeness (QED) is 0.479. The monoisotopic (exact) mass is 305 g/mol. The molecule has 0 atom stereocenters. The number of rotatable bonds is 1. The molecular formula is C16H22ClN4+. The summed E-state index contributed by atoms with van der Waals surface area (Å²) >= 11 is 0. The average Bonchev–Trinajstić information content (AvgIpc) is 2.45. The van der Waals surface area contributed by atoms with Gasteiger partial charge in [-0.25, -0.2) is 5.43 Å². The van der Waals surface area contributed by atoms with Gasteiger partial charge >= 0.3 is 5.96 Å². The third-order valence-corrected chi connectivity index (χ3v) is 3.75. The van der Waals surface area contributed by atoms with Crippen LogP contribution in [0.3, 0.4) is 0 Å². The highest BCUT2D eigenvalue weighted by atomic mass is 35.5. The molecule has 1 aliphatic heterocycles. The fourth-order valence-electron chi connectivity index (χ4n) is 2.84. The molecule has 0 saturated carbocycles. The summed E-state index contributed by atoms with van der Waals surface area (Å²) in [5, 5.41) is 8.18. The minimum absolute atomic E-state index is 0. The van der Waals surface area contributed by atoms with Crippen molar-refractivity contribution in [1.29, 1.82) is 0 Å². The Balaban J connectivity index is 0.00000161. The summed E-state index contributed by atoms with van der Waals surface area (Å²) in [6.07, 6.45) is 0. The van der Waals surface area contributed by atoms with Crippen LogP contribution >= 0.6 is 12.4 Å². The lowest BCUT2D eigenvalue weighted by Gasteiger charge is -2.27. The zero-order valence-corrected chi connectivity index (χ0v) is 13.5. The average molecular weight is 306 g/mol. The largest absolute Gasteiger partial charge is 0.362 e. The number of nitrogens with zero attached hydrogens (tertiary/aromatic N) is 2. The van der Waals surface area contributed by atoms with E-state index < -0.39 is 0 Å². The normalized spacial score (nSPS) is 13.5. The van der Waals surface area contributed by atoms with Gasteiger partial charge in [0.25, 0.3) is 0 Å². The number of guanidine groups is 1. The molecule has 0 amide bonds. The molecule has 2 N–H and O–H groups in total. The van der Waals surface area contributed by atoms with Gasteiger partial charge in [0.2, 0.25) is 0 Å². The first-order chi connectivity index (χ1) is 9.69. The Morgan fingerprint density at radius 1 is 1.05 bits per heavy atom. The lowest BCUT2D eigenvalue weighted by atomic mass is 9.96. The van der Waals surface area contributed by atoms with Gasteiger partial charge in [0.05, 0.1) is 34.2 Å². The molecule has 21 heavy (non-hydrogen) atoms. The predicted octanol–water partition coefficient (Wildman–Crippen LogP) is 1.93. The molecule has 3 rings (SSSR count). The van der Waals surface area contributed by atoms with E-state index in [0.29, 0.717) is 0 Å². The number of hydrogen-bond acceptors (Lipinski definition) is 1. The van der Waals surface area contributed by atoms with E-state index in [1.54, 1.807) is 0 Å². The Kier molecular flexibility index (Phi) is 4.70. The number of nitrogens with one attached hydrogen (secondary N) is 2. The highest BCUT2D eigenvalue weighted by Gasteiger charge is 2.21. The molecule has 0 unspecified atom stereocenters. The van der Waals surface area contributed by atoms with E-state index in [1.807, 2.05) is 25.7 Å². The van der Waals surface area contributed by atoms with Crippen LogP contribution in [0.15, 0.2) is 36.4 Å². The highest BCUT2D eigenvalue weighted by Crippen LogP contribution is 2.28. The molecule has 5 heteroatoms. The number of hydrazine groups is 1. The zero-order valence-electron chi connectivity index (χ0n) is 12.7. The fourth-order valence-corrected chi connectivity index (χ4v) is 2.84. The maximum Gasteiger partial charge on any atom is 0.362 e. The van der Waals surface area contributed by atoms with Gasteiger partial charge in [0.15, 0.2) is 0 Å². The molecule has 112 valence electrons. The van der Waals surface area contributed by atoms with Crippen LogP contribution in [0.1, 0.15) is 11.1 Å². The topological polar surface area (TPSA) is 30.3 Å². The van der Waals surface area contributed by atoms with E-state index in [9.17, 15) is 0 Å². The summed E-state index contributed by atoms with van der Waals surface area (Å²) in [4.78, 5) is 0. The minimum Gasteiger partial charge on any atom is -0.279 e. The standard InChI is InChI=1S/C16H20N4.ClH/c1-17-16(19(2)3)18-20-10-13-8-4-6-12-7-5-9-14(11-20)15(12)13;/h4-9H,10-11H2,1-3H3,(H,17,18);1H/p+1. The van der Waals surface area contributed by atoms with Crippen LogP contribution in [0, 0.1) is 0 Å². The van der Waals surface area contributed by atoms with E-state index in [4.69, 9.17) is 0 Å². The molecule has 2 aromatic rings. The van der Waals surface area contributed by atoms with E-state index in [-0.39, 0.29) is 12.4 Å². The molecule has 0 bridgehead atoms. The second-order valence-corrected chi connectivity index (χ2v) is 5.39. The molecule has 0 aromatic heterocycles. The van der Waals surface area contributed by atoms with Gasteiger partial charge in [0.1, 0.15) is 0 Å². The van der Waals surface area contributed by atoms with Crippen LogP contribution in [0.4, 0.5) is 0 Å². The molecule has 0 saturated heterocycles. The van der Waals surface area contributed by atoms with Crippen molar-refractivity contribution < 1.29 is 4.58 Å². The van der Waals surface area contributed by atoms with Crippen LogP contribution in [0.25, 0.3) is 10.8 Å². The zero-order chi connectivity index (χ0) is 14.1. The Morgan fingerprint density at radius 2 is 1.62 bits per heavy atom. The van der Waals surface area contributed by atoms with Crippen LogP contribution < -0.4 is 10.7 Å². The van der Waals surface area contributed by atoms with Crippen LogP contribution in [0.5, 0.6) is 0 Å². The van der Waals surface area contributed by atoms with Gasteiger partial charge < -0.3 is 0 Å². The molecule has 1 aliphatic rings. The van der Waals surface area contributed by atoms with Crippen LogP contribution in [-0.4, -0.2) is 36.7 Å². The van der Waals surface area contributed by atoms with Crippen molar-refractivity contribution in [3.63, 3.8) is 0 Å². The van der Waals surface area contributed by atoms with Gasteiger partial charge in [-0.15, -0.1) is 12.4 Å². The Bertz CT molecular complexity index is 636. The number of halogens is 1. The molecule has 0 radical (unpaired) electrons. The van der Waals surface area contributed by atoms with Crippen molar-refractivity contribution >= 4 is 29.1 Å². The SMILES string of the molecule is CNC(NN1Cc2cccc3cccc(c23)C1)=[N+](C)C.Cl. The first-order valence-corrected chi connectivity index (χ1v) is 6.92. The van der Waals surface area contributed by atoms with Crippen molar-refractivity contribution in [1.82, 2.24) is 15.8 Å². The third-order valence-electron chi connectivity index (χ3n) is 3.75. The van der Waals surface area contributed by atoms with Gasteiger partial charge in [0, 0.05) is 0 Å². The molecule has 0 fully saturated rings. The van der Waals surface area contributed by atoms with E-state index in [1.165, 1.54) is 21.9 Å². The van der Waals surface area contributed by atoms with Gasteiger partial charge in [-0.3, -0.25) is 9.89 Å². The van der Waals surface area contributed by atoms with Crippen molar-refractivity contribution in [2.75, 3.05) is 21.1 Å². The minimum atomic E-state index is 0. The summed E-state index contributed by atoms with van der Waals surface area (Å²) in [6.45, 7) is 1.82. The van der Waals surface area contributed by atoms with Gasteiger partial charge in [-0.2, -0.15) is 5.01 Å². The maximum absolute atomic E-state index is 3.45. The molecule has 1 heterocycles. The summed E-state index contributed by atoms with van der Waals surface area (Å²) < 4.78 is 2.04. The molecule has 4 nitrogen and oxygen atoms in total. The smallest absolute Gasteiger partial charge is 0.279 e. The highest BCUT2D eigenvalue weighted by molar-refractivity contribution is 5.89. The molecular weight excluding hydrogens is 284 g/mol. The van der Waals surface area contributed by atoms with Gasteiger partial charge in [-0.05, 0) is 21.9 Å². The Hall–Kier alpha value is -1.78. The molecule has 2 aromatic carbocycles. The third kappa shape index (κ3) is 2.96. The Morgan fingerprint density at radius 3 is 2.10 bits per heavy atom. The number of hydrogen-bond donors (Lipinski definition) is 2. The van der Waals surface area contributed by atoms with Crippen molar-refractivity contribution in [2.45, 2.75) is 13.1 Å². The van der Waals surface area contributed by atoms with Crippen LogP contribution in [-0.2, 0) is 13.1 Å².